The number of alkyl carbamates (subject to hydrolysis) is 1. The maximum atomic E-state index is 11.0. The fourth-order valence-corrected chi connectivity index (χ4v) is 2.32. The fourth-order valence-electron chi connectivity index (χ4n) is 2.32. The molecule has 1 N–H and O–H groups in total. The van der Waals surface area contributed by atoms with Crippen molar-refractivity contribution in [3.8, 4) is 0 Å². The molecule has 4 nitrogen and oxygen atoms in total. The van der Waals surface area contributed by atoms with Gasteiger partial charge in [0.05, 0.1) is 0 Å². The first kappa shape index (κ1) is 8.81. The van der Waals surface area contributed by atoms with Crippen molar-refractivity contribution in [1.82, 2.24) is 10.2 Å². The molecule has 0 aromatic heterocycles. The predicted octanol–water partition coefficient (Wildman–Crippen LogP) is 0.784. The Hall–Kier alpha value is -0.770. The van der Waals surface area contributed by atoms with E-state index >= 15 is 0 Å². The number of hydrogen-bond acceptors (Lipinski definition) is 3. The van der Waals surface area contributed by atoms with Gasteiger partial charge in [0.25, 0.3) is 0 Å². The van der Waals surface area contributed by atoms with E-state index in [2.05, 4.69) is 10.2 Å². The molecular weight excluding hydrogens is 168 g/mol. The second kappa shape index (κ2) is 3.54. The van der Waals surface area contributed by atoms with Crippen LogP contribution in [0.4, 0.5) is 4.79 Å². The number of hydrogen-bond donors (Lipinski definition) is 1. The van der Waals surface area contributed by atoms with Crippen LogP contribution in [-0.4, -0.2) is 37.4 Å². The maximum absolute atomic E-state index is 11.0. The summed E-state index contributed by atoms with van der Waals surface area (Å²) in [6.45, 7) is 2.17. The number of carbonyl (C=O) groups excluding carboxylic acids is 1. The van der Waals surface area contributed by atoms with E-state index in [1.807, 2.05) is 0 Å². The van der Waals surface area contributed by atoms with Gasteiger partial charge in [0, 0.05) is 26.1 Å². The Labute approximate surface area is 78.2 Å². The zero-order chi connectivity index (χ0) is 9.26. The fraction of sp³-hybridized carbons (Fsp3) is 0.889. The van der Waals surface area contributed by atoms with Crippen molar-refractivity contribution in [2.45, 2.75) is 25.5 Å². The standard InChI is InChI=1S/C9H16N2O2/c1-10-9(12)13-8-7-3-2-5-11(8)6-4-7/h7-8H,2-6H2,1H3,(H,10,12). The molecule has 2 saturated heterocycles. The average molecular weight is 184 g/mol. The molecule has 0 radical (unpaired) electrons. The largest absolute Gasteiger partial charge is 0.430 e. The minimum atomic E-state index is -0.302. The lowest BCUT2D eigenvalue weighted by Crippen LogP contribution is -2.42. The molecule has 74 valence electrons. The van der Waals surface area contributed by atoms with E-state index < -0.39 is 0 Å². The smallest absolute Gasteiger partial charge is 0.408 e. The normalized spacial score (nSPS) is 37.2. The van der Waals surface area contributed by atoms with Gasteiger partial charge in [-0.1, -0.05) is 0 Å². The SMILES string of the molecule is CNC(=O)OC1C2CCCN1CC2. The molecule has 2 aliphatic heterocycles. The molecule has 13 heavy (non-hydrogen) atoms. The summed E-state index contributed by atoms with van der Waals surface area (Å²) in [4.78, 5) is 13.3. The van der Waals surface area contributed by atoms with E-state index in [1.54, 1.807) is 7.05 Å². The molecule has 2 heterocycles. The topological polar surface area (TPSA) is 41.6 Å². The summed E-state index contributed by atoms with van der Waals surface area (Å²) in [6.07, 6.45) is 3.38. The van der Waals surface area contributed by atoms with Crippen molar-refractivity contribution in [2.24, 2.45) is 5.92 Å². The van der Waals surface area contributed by atoms with Gasteiger partial charge in [0.2, 0.25) is 0 Å². The van der Waals surface area contributed by atoms with Crippen molar-refractivity contribution in [2.75, 3.05) is 20.1 Å². The van der Waals surface area contributed by atoms with Crippen LogP contribution in [0.1, 0.15) is 19.3 Å². The van der Waals surface area contributed by atoms with Crippen LogP contribution >= 0.6 is 0 Å². The Balaban J connectivity index is 1.95. The molecule has 2 bridgehead atoms. The molecule has 0 aromatic carbocycles. The summed E-state index contributed by atoms with van der Waals surface area (Å²) >= 11 is 0. The van der Waals surface area contributed by atoms with E-state index in [1.165, 1.54) is 19.3 Å². The molecule has 0 aromatic rings. The number of piperidine rings is 1. The minimum absolute atomic E-state index is 0.0497. The predicted molar refractivity (Wildman–Crippen MR) is 48.2 cm³/mol. The van der Waals surface area contributed by atoms with Crippen molar-refractivity contribution >= 4 is 6.09 Å². The van der Waals surface area contributed by atoms with Crippen molar-refractivity contribution in [1.29, 1.82) is 0 Å². The van der Waals surface area contributed by atoms with Gasteiger partial charge < -0.3 is 10.1 Å². The number of amides is 1. The molecule has 0 aliphatic carbocycles. The third kappa shape index (κ3) is 1.63. The third-order valence-electron chi connectivity index (χ3n) is 3.00. The Morgan fingerprint density at radius 1 is 1.46 bits per heavy atom. The minimum Gasteiger partial charge on any atom is -0.430 e. The highest BCUT2D eigenvalue weighted by atomic mass is 16.6. The molecular formula is C9H16N2O2. The molecule has 2 rings (SSSR count). The summed E-state index contributed by atoms with van der Waals surface area (Å²) in [6, 6.07) is 0. The van der Waals surface area contributed by atoms with Gasteiger partial charge in [0.15, 0.2) is 6.23 Å². The summed E-state index contributed by atoms with van der Waals surface area (Å²) < 4.78 is 5.30. The van der Waals surface area contributed by atoms with Crippen molar-refractivity contribution in [3.63, 3.8) is 0 Å². The Morgan fingerprint density at radius 2 is 2.31 bits per heavy atom. The molecule has 3 atom stereocenters. The third-order valence-corrected chi connectivity index (χ3v) is 3.00. The van der Waals surface area contributed by atoms with Crippen molar-refractivity contribution in [3.05, 3.63) is 0 Å². The first-order valence-corrected chi connectivity index (χ1v) is 4.93. The van der Waals surface area contributed by atoms with E-state index in [0.717, 1.165) is 13.1 Å². The van der Waals surface area contributed by atoms with Gasteiger partial charge in [-0.2, -0.15) is 0 Å². The van der Waals surface area contributed by atoms with E-state index in [-0.39, 0.29) is 12.3 Å². The van der Waals surface area contributed by atoms with Crippen LogP contribution in [0.3, 0.4) is 0 Å². The second-order valence-electron chi connectivity index (χ2n) is 3.77. The maximum Gasteiger partial charge on any atom is 0.408 e. The van der Waals surface area contributed by atoms with Crippen LogP contribution < -0.4 is 5.32 Å². The van der Waals surface area contributed by atoms with E-state index in [4.69, 9.17) is 4.74 Å². The second-order valence-corrected chi connectivity index (χ2v) is 3.77. The van der Waals surface area contributed by atoms with Crippen LogP contribution in [0, 0.1) is 5.92 Å². The first-order valence-electron chi connectivity index (χ1n) is 4.93. The highest BCUT2D eigenvalue weighted by molar-refractivity contribution is 5.66. The molecule has 1 amide bonds. The lowest BCUT2D eigenvalue weighted by atomic mass is 9.99. The van der Waals surface area contributed by atoms with Gasteiger partial charge >= 0.3 is 6.09 Å². The van der Waals surface area contributed by atoms with Gasteiger partial charge in [-0.05, 0) is 19.3 Å². The highest BCUT2D eigenvalue weighted by Crippen LogP contribution is 2.33. The van der Waals surface area contributed by atoms with Crippen LogP contribution in [0.2, 0.25) is 0 Å². The molecule has 0 spiro atoms. The molecule has 2 aliphatic rings. The Morgan fingerprint density at radius 3 is 3.00 bits per heavy atom. The molecule has 2 fully saturated rings. The number of fused-ring (bicyclic) bond motifs is 2. The average Bonchev–Trinajstić information content (AvgIpc) is 2.41. The summed E-state index contributed by atoms with van der Waals surface area (Å²) in [5.41, 5.74) is 0. The van der Waals surface area contributed by atoms with E-state index in [9.17, 15) is 4.79 Å². The zero-order valence-electron chi connectivity index (χ0n) is 7.95. The van der Waals surface area contributed by atoms with Crippen molar-refractivity contribution < 1.29 is 9.53 Å². The number of rotatable bonds is 1. The number of nitrogens with zero attached hydrogens (tertiary/aromatic N) is 1. The van der Waals surface area contributed by atoms with Gasteiger partial charge in [-0.25, -0.2) is 4.79 Å². The molecule has 4 heteroatoms. The summed E-state index contributed by atoms with van der Waals surface area (Å²) in [5.74, 6) is 0.575. The Bertz CT molecular complexity index is 192. The zero-order valence-corrected chi connectivity index (χ0v) is 7.95. The van der Waals surface area contributed by atoms with Gasteiger partial charge in [-0.15, -0.1) is 0 Å². The Kier molecular flexibility index (Phi) is 2.40. The van der Waals surface area contributed by atoms with E-state index in [0.29, 0.717) is 5.92 Å². The molecule has 3 unspecified atom stereocenters. The summed E-state index contributed by atoms with van der Waals surface area (Å²) in [5, 5.41) is 2.49. The lowest BCUT2D eigenvalue weighted by molar-refractivity contribution is -0.0301. The number of nitrogens with one attached hydrogen (secondary N) is 1. The number of ether oxygens (including phenoxy) is 1. The van der Waals surface area contributed by atoms with Crippen LogP contribution in [0.5, 0.6) is 0 Å². The molecule has 0 saturated carbocycles. The quantitative estimate of drug-likeness (QED) is 0.655. The lowest BCUT2D eigenvalue weighted by Gasteiger charge is -2.31. The summed E-state index contributed by atoms with van der Waals surface area (Å²) in [7, 11) is 1.60. The first-order chi connectivity index (χ1) is 6.31. The van der Waals surface area contributed by atoms with Crippen LogP contribution in [0.15, 0.2) is 0 Å². The monoisotopic (exact) mass is 184 g/mol. The van der Waals surface area contributed by atoms with Gasteiger partial charge in [-0.3, -0.25) is 4.90 Å². The van der Waals surface area contributed by atoms with Gasteiger partial charge in [0.1, 0.15) is 0 Å². The highest BCUT2D eigenvalue weighted by Gasteiger charge is 2.39. The number of carbonyl (C=O) groups is 1. The van der Waals surface area contributed by atoms with Crippen LogP contribution in [0.25, 0.3) is 0 Å². The van der Waals surface area contributed by atoms with Crippen LogP contribution in [-0.2, 0) is 4.74 Å².